The van der Waals surface area contributed by atoms with Gasteiger partial charge in [0, 0.05) is 36.9 Å². The van der Waals surface area contributed by atoms with Crippen LogP contribution in [-0.2, 0) is 4.79 Å². The molecule has 1 aromatic carbocycles. The number of anilines is 2. The molecule has 1 aromatic rings. The van der Waals surface area contributed by atoms with Crippen LogP contribution in [0.5, 0.6) is 0 Å². The van der Waals surface area contributed by atoms with Gasteiger partial charge in [0.05, 0.1) is 0 Å². The monoisotopic (exact) mass is 316 g/mol. The summed E-state index contributed by atoms with van der Waals surface area (Å²) in [5, 5.41) is 5.71. The van der Waals surface area contributed by atoms with Crippen molar-refractivity contribution in [1.82, 2.24) is 5.32 Å². The molecule has 2 aliphatic rings. The van der Waals surface area contributed by atoms with E-state index >= 15 is 0 Å². The van der Waals surface area contributed by atoms with Crippen molar-refractivity contribution in [2.75, 3.05) is 23.3 Å². The fourth-order valence-electron chi connectivity index (χ4n) is 3.41. The molecule has 2 atom stereocenters. The van der Waals surface area contributed by atoms with E-state index in [-0.39, 0.29) is 23.9 Å². The first-order chi connectivity index (χ1) is 11.1. The van der Waals surface area contributed by atoms with Crippen LogP contribution in [0.1, 0.15) is 32.1 Å². The maximum atomic E-state index is 12.3. The minimum atomic E-state index is -0.0957. The first kappa shape index (κ1) is 15.8. The summed E-state index contributed by atoms with van der Waals surface area (Å²) in [6, 6.07) is 7.44. The van der Waals surface area contributed by atoms with Gasteiger partial charge in [-0.05, 0) is 37.0 Å². The van der Waals surface area contributed by atoms with Crippen molar-refractivity contribution >= 4 is 23.3 Å². The third-order valence-corrected chi connectivity index (χ3v) is 4.71. The number of carbonyl (C=O) groups excluding carboxylic acids is 2. The Labute approximate surface area is 136 Å². The van der Waals surface area contributed by atoms with E-state index in [1.54, 1.807) is 4.90 Å². The number of hydrogen-bond donors (Lipinski definition) is 3. The maximum Gasteiger partial charge on any atom is 0.321 e. The number of amides is 3. The van der Waals surface area contributed by atoms with Gasteiger partial charge < -0.3 is 16.4 Å². The second-order valence-corrected chi connectivity index (χ2v) is 6.39. The molecule has 1 aliphatic heterocycles. The summed E-state index contributed by atoms with van der Waals surface area (Å²) in [7, 11) is 0. The normalized spacial score (nSPS) is 24.4. The highest BCUT2D eigenvalue weighted by molar-refractivity contribution is 5.96. The predicted octanol–water partition coefficient (Wildman–Crippen LogP) is 2.06. The number of benzene rings is 1. The zero-order valence-electron chi connectivity index (χ0n) is 13.3. The van der Waals surface area contributed by atoms with Gasteiger partial charge in [-0.25, -0.2) is 4.79 Å². The van der Waals surface area contributed by atoms with Crippen LogP contribution in [0.25, 0.3) is 0 Å². The summed E-state index contributed by atoms with van der Waals surface area (Å²) in [4.78, 5) is 25.7. The number of hydrogen-bond acceptors (Lipinski definition) is 3. The number of nitrogens with zero attached hydrogens (tertiary/aromatic N) is 1. The van der Waals surface area contributed by atoms with Gasteiger partial charge in [-0.1, -0.05) is 18.9 Å². The highest BCUT2D eigenvalue weighted by Gasteiger charge is 2.24. The molecule has 124 valence electrons. The van der Waals surface area contributed by atoms with Crippen LogP contribution < -0.4 is 21.3 Å². The second-order valence-electron chi connectivity index (χ2n) is 6.39. The minimum Gasteiger partial charge on any atom is -0.336 e. The molecule has 6 nitrogen and oxygen atoms in total. The Balaban J connectivity index is 1.61. The number of urea groups is 1. The first-order valence-electron chi connectivity index (χ1n) is 8.34. The first-order valence-corrected chi connectivity index (χ1v) is 8.34. The molecule has 0 aromatic heterocycles. The van der Waals surface area contributed by atoms with Crippen molar-refractivity contribution in [1.29, 1.82) is 0 Å². The number of rotatable bonds is 4. The van der Waals surface area contributed by atoms with Crippen LogP contribution in [0, 0.1) is 5.92 Å². The molecule has 1 saturated carbocycles. The Bertz CT molecular complexity index is 590. The van der Waals surface area contributed by atoms with Crippen LogP contribution in [0.3, 0.4) is 0 Å². The number of carbonyl (C=O) groups is 2. The summed E-state index contributed by atoms with van der Waals surface area (Å²) in [5.74, 6) is 0.270. The summed E-state index contributed by atoms with van der Waals surface area (Å²) < 4.78 is 0. The molecule has 1 aliphatic carbocycles. The van der Waals surface area contributed by atoms with E-state index in [0.717, 1.165) is 30.6 Å². The van der Waals surface area contributed by atoms with Gasteiger partial charge in [-0.3, -0.25) is 9.69 Å². The molecule has 0 spiro atoms. The maximum absolute atomic E-state index is 12.3. The van der Waals surface area contributed by atoms with Crippen molar-refractivity contribution < 1.29 is 9.59 Å². The van der Waals surface area contributed by atoms with Gasteiger partial charge in [0.15, 0.2) is 0 Å². The molecule has 0 radical (unpaired) electrons. The molecular formula is C17H24N4O2. The van der Waals surface area contributed by atoms with Gasteiger partial charge in [0.25, 0.3) is 0 Å². The molecule has 2 unspecified atom stereocenters. The summed E-state index contributed by atoms with van der Waals surface area (Å²) in [5.41, 5.74) is 7.63. The molecule has 3 amide bonds. The molecule has 1 heterocycles. The van der Waals surface area contributed by atoms with Gasteiger partial charge in [0.2, 0.25) is 5.91 Å². The van der Waals surface area contributed by atoms with Crippen LogP contribution >= 0.6 is 0 Å². The average Bonchev–Trinajstić information content (AvgIpc) is 2.96. The Kier molecular flexibility index (Phi) is 4.81. The van der Waals surface area contributed by atoms with E-state index < -0.39 is 0 Å². The highest BCUT2D eigenvalue weighted by Crippen LogP contribution is 2.26. The Morgan fingerprint density at radius 3 is 2.91 bits per heavy atom. The minimum absolute atomic E-state index is 0.00428. The summed E-state index contributed by atoms with van der Waals surface area (Å²) in [6.45, 7) is 1.29. The summed E-state index contributed by atoms with van der Waals surface area (Å²) >= 11 is 0. The molecule has 4 N–H and O–H groups in total. The Hall–Kier alpha value is -2.08. The second kappa shape index (κ2) is 7.00. The zero-order valence-corrected chi connectivity index (χ0v) is 13.3. The third kappa shape index (κ3) is 3.82. The average molecular weight is 316 g/mol. The van der Waals surface area contributed by atoms with Crippen molar-refractivity contribution in [2.45, 2.75) is 38.1 Å². The van der Waals surface area contributed by atoms with E-state index in [9.17, 15) is 9.59 Å². The van der Waals surface area contributed by atoms with Crippen molar-refractivity contribution in [3.8, 4) is 0 Å². The van der Waals surface area contributed by atoms with Crippen LogP contribution in [0.4, 0.5) is 16.2 Å². The van der Waals surface area contributed by atoms with E-state index in [1.807, 2.05) is 24.3 Å². The van der Waals surface area contributed by atoms with Crippen molar-refractivity contribution in [2.24, 2.45) is 11.7 Å². The lowest BCUT2D eigenvalue weighted by molar-refractivity contribution is -0.117. The predicted molar refractivity (Wildman–Crippen MR) is 90.4 cm³/mol. The SMILES string of the molecule is NC1CCCCC1CC(=O)Nc1cccc(N2CCNC2=O)c1. The highest BCUT2D eigenvalue weighted by atomic mass is 16.2. The van der Waals surface area contributed by atoms with Gasteiger partial charge in [0.1, 0.15) is 0 Å². The molecule has 0 bridgehead atoms. The molecule has 3 rings (SSSR count). The molecule has 6 heteroatoms. The molecule has 23 heavy (non-hydrogen) atoms. The lowest BCUT2D eigenvalue weighted by Gasteiger charge is -2.28. The van der Waals surface area contributed by atoms with E-state index in [2.05, 4.69) is 10.6 Å². The fraction of sp³-hybridized carbons (Fsp3) is 0.529. The Morgan fingerprint density at radius 1 is 1.35 bits per heavy atom. The van der Waals surface area contributed by atoms with E-state index in [4.69, 9.17) is 5.73 Å². The molecule has 2 fully saturated rings. The third-order valence-electron chi connectivity index (χ3n) is 4.71. The quantitative estimate of drug-likeness (QED) is 0.794. The molecule has 1 saturated heterocycles. The fourth-order valence-corrected chi connectivity index (χ4v) is 3.41. The lowest BCUT2D eigenvalue weighted by Crippen LogP contribution is -2.35. The van der Waals surface area contributed by atoms with Gasteiger partial charge in [-0.15, -0.1) is 0 Å². The van der Waals surface area contributed by atoms with Crippen molar-refractivity contribution in [3.63, 3.8) is 0 Å². The standard InChI is InChI=1S/C17H24N4O2/c18-15-7-2-1-4-12(15)10-16(22)20-13-5-3-6-14(11-13)21-9-8-19-17(21)23/h3,5-6,11-12,15H,1-2,4,7-10,18H2,(H,19,23)(H,20,22). The van der Waals surface area contributed by atoms with Gasteiger partial charge in [-0.2, -0.15) is 0 Å². The Morgan fingerprint density at radius 2 is 2.17 bits per heavy atom. The van der Waals surface area contributed by atoms with Crippen LogP contribution in [0.2, 0.25) is 0 Å². The number of nitrogens with two attached hydrogens (primary N) is 1. The van der Waals surface area contributed by atoms with E-state index in [1.165, 1.54) is 6.42 Å². The van der Waals surface area contributed by atoms with E-state index in [0.29, 0.717) is 19.5 Å². The zero-order chi connectivity index (χ0) is 16.2. The van der Waals surface area contributed by atoms with Gasteiger partial charge >= 0.3 is 6.03 Å². The molecular weight excluding hydrogens is 292 g/mol. The number of nitrogens with one attached hydrogen (secondary N) is 2. The van der Waals surface area contributed by atoms with Crippen molar-refractivity contribution in [3.05, 3.63) is 24.3 Å². The smallest absolute Gasteiger partial charge is 0.321 e. The largest absolute Gasteiger partial charge is 0.336 e. The van der Waals surface area contributed by atoms with Crippen LogP contribution in [0.15, 0.2) is 24.3 Å². The van der Waals surface area contributed by atoms with Crippen LogP contribution in [-0.4, -0.2) is 31.1 Å². The summed E-state index contributed by atoms with van der Waals surface area (Å²) in [6.07, 6.45) is 4.83. The lowest BCUT2D eigenvalue weighted by atomic mass is 9.83. The topological polar surface area (TPSA) is 87.5 Å².